The van der Waals surface area contributed by atoms with Gasteiger partial charge >= 0.3 is 0 Å². The summed E-state index contributed by atoms with van der Waals surface area (Å²) in [5.74, 6) is 0. The van der Waals surface area contributed by atoms with E-state index < -0.39 is 12.2 Å². The third-order valence-electron chi connectivity index (χ3n) is 1.71. The maximum atomic E-state index is 10.2. The van der Waals surface area contributed by atoms with E-state index in [1.165, 1.54) is 0 Å². The van der Waals surface area contributed by atoms with Crippen LogP contribution in [0.25, 0.3) is 0 Å². The Morgan fingerprint density at radius 2 is 2.09 bits per heavy atom. The molecule has 0 aliphatic carbocycles. The Bertz CT molecular complexity index is 114. The van der Waals surface area contributed by atoms with Crippen molar-refractivity contribution in [2.24, 2.45) is 0 Å². The zero-order valence-corrected chi connectivity index (χ0v) is 6.92. The fraction of sp³-hybridized carbons (Fsp3) is 0.875. The Morgan fingerprint density at radius 3 is 2.45 bits per heavy atom. The molecule has 0 aromatic heterocycles. The van der Waals surface area contributed by atoms with Gasteiger partial charge in [-0.3, -0.25) is 0 Å². The van der Waals surface area contributed by atoms with Gasteiger partial charge in [-0.1, -0.05) is 26.2 Å². The van der Waals surface area contributed by atoms with Gasteiger partial charge in [0, 0.05) is 0 Å². The molecule has 0 aliphatic heterocycles. The molecular weight excluding hydrogens is 144 g/mol. The number of aliphatic hydroxyl groups is 2. The van der Waals surface area contributed by atoms with Crippen LogP contribution in [0.1, 0.15) is 32.6 Å². The van der Waals surface area contributed by atoms with Gasteiger partial charge in [0.25, 0.3) is 0 Å². The molecule has 0 saturated carbocycles. The van der Waals surface area contributed by atoms with Gasteiger partial charge in [-0.15, -0.1) is 0 Å². The first kappa shape index (κ1) is 10.6. The SMILES string of the molecule is CCCCC[C@@](O)(C=O)CO. The number of hydrogen-bond acceptors (Lipinski definition) is 3. The topological polar surface area (TPSA) is 57.5 Å². The highest BCUT2D eigenvalue weighted by atomic mass is 16.3. The summed E-state index contributed by atoms with van der Waals surface area (Å²) >= 11 is 0. The van der Waals surface area contributed by atoms with E-state index in [1.807, 2.05) is 6.92 Å². The highest BCUT2D eigenvalue weighted by Gasteiger charge is 2.23. The third kappa shape index (κ3) is 4.11. The zero-order chi connectivity index (χ0) is 8.74. The molecule has 0 bridgehead atoms. The highest BCUT2D eigenvalue weighted by Crippen LogP contribution is 2.11. The molecule has 11 heavy (non-hydrogen) atoms. The smallest absolute Gasteiger partial charge is 0.153 e. The molecule has 0 rings (SSSR count). The lowest BCUT2D eigenvalue weighted by Gasteiger charge is -2.17. The zero-order valence-electron chi connectivity index (χ0n) is 6.92. The van der Waals surface area contributed by atoms with Crippen molar-refractivity contribution in [3.63, 3.8) is 0 Å². The van der Waals surface area contributed by atoms with Gasteiger partial charge in [0.1, 0.15) is 5.60 Å². The Balaban J connectivity index is 3.60. The Morgan fingerprint density at radius 1 is 1.45 bits per heavy atom. The molecule has 0 heterocycles. The third-order valence-corrected chi connectivity index (χ3v) is 1.71. The normalized spacial score (nSPS) is 15.9. The molecule has 66 valence electrons. The first-order chi connectivity index (χ1) is 5.18. The van der Waals surface area contributed by atoms with Crippen molar-refractivity contribution in [3.05, 3.63) is 0 Å². The van der Waals surface area contributed by atoms with Crippen molar-refractivity contribution in [2.75, 3.05) is 6.61 Å². The van der Waals surface area contributed by atoms with E-state index in [-0.39, 0.29) is 0 Å². The molecule has 0 aromatic rings. The van der Waals surface area contributed by atoms with Crippen molar-refractivity contribution < 1.29 is 15.0 Å². The molecule has 0 fully saturated rings. The lowest BCUT2D eigenvalue weighted by atomic mass is 9.99. The molecule has 3 heteroatoms. The lowest BCUT2D eigenvalue weighted by Crippen LogP contribution is -2.34. The van der Waals surface area contributed by atoms with E-state index in [9.17, 15) is 9.90 Å². The van der Waals surface area contributed by atoms with Crippen LogP contribution in [0.5, 0.6) is 0 Å². The van der Waals surface area contributed by atoms with Crippen LogP contribution in [-0.4, -0.2) is 28.7 Å². The average molecular weight is 160 g/mol. The summed E-state index contributed by atoms with van der Waals surface area (Å²) in [4.78, 5) is 10.2. The van der Waals surface area contributed by atoms with Gasteiger partial charge in [0.15, 0.2) is 6.29 Å². The predicted molar refractivity (Wildman–Crippen MR) is 42.2 cm³/mol. The summed E-state index contributed by atoms with van der Waals surface area (Å²) in [6.07, 6.45) is 3.59. The summed E-state index contributed by atoms with van der Waals surface area (Å²) in [6, 6.07) is 0. The fourth-order valence-corrected chi connectivity index (χ4v) is 0.856. The van der Waals surface area contributed by atoms with Gasteiger partial charge < -0.3 is 15.0 Å². The van der Waals surface area contributed by atoms with Crippen molar-refractivity contribution in [1.29, 1.82) is 0 Å². The van der Waals surface area contributed by atoms with Gasteiger partial charge in [-0.2, -0.15) is 0 Å². The number of aliphatic hydroxyl groups excluding tert-OH is 1. The van der Waals surface area contributed by atoms with Crippen molar-refractivity contribution in [2.45, 2.75) is 38.2 Å². The summed E-state index contributed by atoms with van der Waals surface area (Å²) in [6.45, 7) is 1.57. The first-order valence-corrected chi connectivity index (χ1v) is 3.98. The molecule has 0 spiro atoms. The van der Waals surface area contributed by atoms with Gasteiger partial charge in [0.05, 0.1) is 6.61 Å². The average Bonchev–Trinajstić information content (AvgIpc) is 2.05. The minimum Gasteiger partial charge on any atom is -0.393 e. The van der Waals surface area contributed by atoms with Gasteiger partial charge in [0.2, 0.25) is 0 Å². The maximum absolute atomic E-state index is 10.2. The van der Waals surface area contributed by atoms with Crippen LogP contribution in [0.3, 0.4) is 0 Å². The van der Waals surface area contributed by atoms with Crippen LogP contribution in [0.4, 0.5) is 0 Å². The number of aldehydes is 1. The summed E-state index contributed by atoms with van der Waals surface area (Å²) < 4.78 is 0. The largest absolute Gasteiger partial charge is 0.393 e. The van der Waals surface area contributed by atoms with Crippen LogP contribution in [0.15, 0.2) is 0 Å². The molecule has 0 aromatic carbocycles. The molecule has 1 atom stereocenters. The second-order valence-electron chi connectivity index (χ2n) is 2.84. The molecule has 0 radical (unpaired) electrons. The van der Waals surface area contributed by atoms with E-state index in [0.717, 1.165) is 19.3 Å². The Labute approximate surface area is 67.0 Å². The van der Waals surface area contributed by atoms with Gasteiger partial charge in [-0.05, 0) is 6.42 Å². The van der Waals surface area contributed by atoms with Crippen molar-refractivity contribution >= 4 is 6.29 Å². The molecular formula is C8H16O3. The number of unbranched alkanes of at least 4 members (excludes halogenated alkanes) is 2. The minimum atomic E-state index is -1.49. The molecule has 3 nitrogen and oxygen atoms in total. The molecule has 0 amide bonds. The first-order valence-electron chi connectivity index (χ1n) is 3.98. The van der Waals surface area contributed by atoms with E-state index in [1.54, 1.807) is 0 Å². The number of carbonyl (C=O) groups excluding carboxylic acids is 1. The molecule has 2 N–H and O–H groups in total. The molecule has 0 unspecified atom stereocenters. The fourth-order valence-electron chi connectivity index (χ4n) is 0.856. The molecule has 0 aliphatic rings. The maximum Gasteiger partial charge on any atom is 0.153 e. The Kier molecular flexibility index (Phi) is 5.07. The number of carbonyl (C=O) groups is 1. The van der Waals surface area contributed by atoms with E-state index >= 15 is 0 Å². The van der Waals surface area contributed by atoms with Crippen LogP contribution in [0.2, 0.25) is 0 Å². The Hall–Kier alpha value is -0.410. The highest BCUT2D eigenvalue weighted by molar-refractivity contribution is 5.61. The number of rotatable bonds is 6. The second-order valence-corrected chi connectivity index (χ2v) is 2.84. The minimum absolute atomic E-state index is 0.362. The lowest BCUT2D eigenvalue weighted by molar-refractivity contribution is -0.128. The van der Waals surface area contributed by atoms with Crippen molar-refractivity contribution in [3.8, 4) is 0 Å². The monoisotopic (exact) mass is 160 g/mol. The van der Waals surface area contributed by atoms with Crippen LogP contribution in [0, 0.1) is 0 Å². The van der Waals surface area contributed by atoms with Crippen LogP contribution >= 0.6 is 0 Å². The van der Waals surface area contributed by atoms with Gasteiger partial charge in [-0.25, -0.2) is 0 Å². The standard InChI is InChI=1S/C8H16O3/c1-2-3-4-5-8(11,6-9)7-10/h6,10-11H,2-5,7H2,1H3/t8-/m1/s1. The second kappa shape index (κ2) is 5.27. The predicted octanol–water partition coefficient (Wildman–Crippen LogP) is 0.489. The van der Waals surface area contributed by atoms with Crippen LogP contribution in [-0.2, 0) is 4.79 Å². The summed E-state index contributed by atoms with van der Waals surface area (Å²) in [5, 5.41) is 17.8. The van der Waals surface area contributed by atoms with E-state index in [4.69, 9.17) is 5.11 Å². The van der Waals surface area contributed by atoms with Crippen LogP contribution < -0.4 is 0 Å². The quantitative estimate of drug-likeness (QED) is 0.439. The van der Waals surface area contributed by atoms with Crippen molar-refractivity contribution in [1.82, 2.24) is 0 Å². The summed E-state index contributed by atoms with van der Waals surface area (Å²) in [7, 11) is 0. The van der Waals surface area contributed by atoms with E-state index in [0.29, 0.717) is 12.7 Å². The summed E-state index contributed by atoms with van der Waals surface area (Å²) in [5.41, 5.74) is -1.49. The molecule has 0 saturated heterocycles. The van der Waals surface area contributed by atoms with E-state index in [2.05, 4.69) is 0 Å². The number of hydrogen-bond donors (Lipinski definition) is 2.